The van der Waals surface area contributed by atoms with Crippen LogP contribution in [0.4, 0.5) is 24.5 Å². The fourth-order valence-electron chi connectivity index (χ4n) is 6.62. The van der Waals surface area contributed by atoms with Crippen LogP contribution in [0.15, 0.2) is 47.4 Å². The zero-order valence-corrected chi connectivity index (χ0v) is 25.2. The Kier molecular flexibility index (Phi) is 8.45. The predicted molar refractivity (Wildman–Crippen MR) is 162 cm³/mol. The van der Waals surface area contributed by atoms with Gasteiger partial charge in [0.05, 0.1) is 47.7 Å². The van der Waals surface area contributed by atoms with Gasteiger partial charge >= 0.3 is 6.18 Å². The molecule has 3 saturated heterocycles. The fourth-order valence-corrected chi connectivity index (χ4v) is 7.15. The molecule has 2 bridgehead atoms. The molecular weight excluding hydrogens is 595 g/mol. The van der Waals surface area contributed by atoms with E-state index in [4.69, 9.17) is 14.6 Å². The minimum absolute atomic E-state index is 0.0810. The van der Waals surface area contributed by atoms with Crippen LogP contribution in [0, 0.1) is 11.8 Å². The lowest BCUT2D eigenvalue weighted by atomic mass is 9.87. The molecule has 3 aliphatic heterocycles. The Hall–Kier alpha value is -3.44. The van der Waals surface area contributed by atoms with Gasteiger partial charge in [0.2, 0.25) is 10.0 Å². The number of primary sulfonamides is 1. The van der Waals surface area contributed by atoms with Gasteiger partial charge < -0.3 is 24.7 Å². The Morgan fingerprint density at radius 2 is 1.80 bits per heavy atom. The number of anilines is 2. The van der Waals surface area contributed by atoms with Gasteiger partial charge in [0, 0.05) is 48.7 Å². The minimum Gasteiger partial charge on any atom is -0.495 e. The molecule has 1 saturated carbocycles. The number of hydrogen-bond donors (Lipinski definition) is 3. The molecule has 44 heavy (non-hydrogen) atoms. The zero-order valence-electron chi connectivity index (χ0n) is 24.4. The van der Waals surface area contributed by atoms with E-state index in [1.165, 1.54) is 36.3 Å². The number of nitrogens with one attached hydrogen (secondary N) is 2. The molecule has 4 fully saturated rings. The molecule has 7 rings (SSSR count). The number of alkyl halides is 3. The molecule has 9 nitrogen and oxygen atoms in total. The highest BCUT2D eigenvalue weighted by Crippen LogP contribution is 2.35. The van der Waals surface area contributed by atoms with E-state index in [0.717, 1.165) is 44.5 Å². The number of nitrogens with zero attached hydrogens (tertiary/aromatic N) is 2. The van der Waals surface area contributed by atoms with Crippen molar-refractivity contribution in [2.45, 2.75) is 74.0 Å². The van der Waals surface area contributed by atoms with Crippen LogP contribution in [-0.4, -0.2) is 75.1 Å². The summed E-state index contributed by atoms with van der Waals surface area (Å²) in [4.78, 5) is 2.47. The number of aromatic nitrogens is 1. The third-order valence-electron chi connectivity index (χ3n) is 8.73. The van der Waals surface area contributed by atoms with Crippen LogP contribution < -0.4 is 20.5 Å². The average molecular weight is 632 g/mol. The van der Waals surface area contributed by atoms with E-state index in [-0.39, 0.29) is 28.9 Å². The topological polar surface area (TPSA) is 111 Å². The van der Waals surface area contributed by atoms with Crippen LogP contribution in [0.3, 0.4) is 0 Å². The molecule has 0 unspecified atom stereocenters. The molecule has 1 aliphatic carbocycles. The van der Waals surface area contributed by atoms with Crippen molar-refractivity contribution < 1.29 is 31.1 Å². The largest absolute Gasteiger partial charge is 0.495 e. The Balaban J connectivity index is 1.17. The molecule has 4 heterocycles. The van der Waals surface area contributed by atoms with Crippen molar-refractivity contribution in [3.05, 3.63) is 48.2 Å². The maximum absolute atomic E-state index is 13.7. The van der Waals surface area contributed by atoms with Gasteiger partial charge in [0.25, 0.3) is 0 Å². The van der Waals surface area contributed by atoms with Crippen molar-refractivity contribution in [2.75, 3.05) is 37.4 Å². The molecule has 0 amide bonds. The summed E-state index contributed by atoms with van der Waals surface area (Å²) in [5, 5.41) is 12.5. The van der Waals surface area contributed by atoms with Gasteiger partial charge in [-0.1, -0.05) is 12.0 Å². The van der Waals surface area contributed by atoms with Gasteiger partial charge in [0.1, 0.15) is 12.3 Å². The van der Waals surface area contributed by atoms with Gasteiger partial charge in [-0.2, -0.15) is 13.2 Å². The monoisotopic (exact) mass is 631 g/mol. The van der Waals surface area contributed by atoms with Crippen LogP contribution in [-0.2, 0) is 21.3 Å². The van der Waals surface area contributed by atoms with E-state index in [1.807, 2.05) is 6.07 Å². The summed E-state index contributed by atoms with van der Waals surface area (Å²) in [6.07, 6.45) is 1.70. The molecule has 2 atom stereocenters. The molecule has 0 spiro atoms. The lowest BCUT2D eigenvalue weighted by Gasteiger charge is -2.50. The molecular formula is C31H36F3N5O4S. The number of rotatable bonds is 8. The molecule has 4 N–H and O–H groups in total. The van der Waals surface area contributed by atoms with E-state index < -0.39 is 22.7 Å². The highest BCUT2D eigenvalue weighted by molar-refractivity contribution is 7.89. The average Bonchev–Trinajstić information content (AvgIpc) is 3.31. The number of morpholine rings is 1. The van der Waals surface area contributed by atoms with Crippen LogP contribution in [0.2, 0.25) is 0 Å². The first kappa shape index (κ1) is 30.6. The number of benzene rings is 2. The highest BCUT2D eigenvalue weighted by atomic mass is 32.2. The third kappa shape index (κ3) is 6.78. The van der Waals surface area contributed by atoms with Gasteiger partial charge in [-0.25, -0.2) is 13.6 Å². The number of ether oxygens (including phenoxy) is 2. The van der Waals surface area contributed by atoms with E-state index in [1.54, 1.807) is 18.2 Å². The SMILES string of the molecule is COc1cc(S(N)(=O)=O)ccc1NCC#Cc1cc2c(NC3CCC(N4C[C@@H]5C[C@@H](C4)O5)CC3)cccc2n1CC(F)(F)F. The molecule has 236 valence electrons. The lowest BCUT2D eigenvalue weighted by molar-refractivity contribution is -0.189. The van der Waals surface area contributed by atoms with Crippen molar-refractivity contribution in [3.8, 4) is 17.6 Å². The summed E-state index contributed by atoms with van der Waals surface area (Å²) in [7, 11) is -2.52. The number of halogens is 3. The fraction of sp³-hybridized carbons (Fsp3) is 0.484. The highest BCUT2D eigenvalue weighted by Gasteiger charge is 2.41. The van der Waals surface area contributed by atoms with Crippen molar-refractivity contribution in [3.63, 3.8) is 0 Å². The first-order valence-corrected chi connectivity index (χ1v) is 16.3. The van der Waals surface area contributed by atoms with Crippen LogP contribution >= 0.6 is 0 Å². The van der Waals surface area contributed by atoms with Gasteiger partial charge in [-0.3, -0.25) is 4.90 Å². The quantitative estimate of drug-likeness (QED) is 0.314. The number of methoxy groups -OCH3 is 1. The Bertz CT molecular complexity index is 1670. The van der Waals surface area contributed by atoms with E-state index in [0.29, 0.717) is 34.8 Å². The number of fused-ring (bicyclic) bond motifs is 3. The summed E-state index contributed by atoms with van der Waals surface area (Å²) < 4.78 is 76.5. The van der Waals surface area contributed by atoms with E-state index >= 15 is 0 Å². The van der Waals surface area contributed by atoms with Crippen molar-refractivity contribution >= 4 is 32.3 Å². The minimum atomic E-state index is -4.43. The number of hydrogen-bond acceptors (Lipinski definition) is 7. The zero-order chi connectivity index (χ0) is 31.1. The third-order valence-corrected chi connectivity index (χ3v) is 9.64. The summed E-state index contributed by atoms with van der Waals surface area (Å²) in [5.41, 5.74) is 1.99. The summed E-state index contributed by atoms with van der Waals surface area (Å²) in [6, 6.07) is 12.0. The van der Waals surface area contributed by atoms with Crippen LogP contribution in [0.25, 0.3) is 10.9 Å². The smallest absolute Gasteiger partial charge is 0.406 e. The van der Waals surface area contributed by atoms with Gasteiger partial charge in [-0.05, 0) is 61.9 Å². The van der Waals surface area contributed by atoms with Crippen molar-refractivity contribution in [2.24, 2.45) is 5.14 Å². The van der Waals surface area contributed by atoms with Gasteiger partial charge in [0.15, 0.2) is 0 Å². The number of sulfonamides is 1. The molecule has 13 heteroatoms. The van der Waals surface area contributed by atoms with Crippen LogP contribution in [0.5, 0.6) is 5.75 Å². The first-order chi connectivity index (χ1) is 21.0. The number of nitrogens with two attached hydrogens (primary N) is 1. The Labute approximate surface area is 254 Å². The second-order valence-electron chi connectivity index (χ2n) is 11.8. The molecule has 0 radical (unpaired) electrons. The first-order valence-electron chi connectivity index (χ1n) is 14.8. The van der Waals surface area contributed by atoms with Crippen LogP contribution in [0.1, 0.15) is 37.8 Å². The number of piperidine rings is 1. The molecule has 4 aliphatic rings. The summed E-state index contributed by atoms with van der Waals surface area (Å²) >= 11 is 0. The maximum atomic E-state index is 13.7. The molecule has 1 aromatic heterocycles. The second kappa shape index (κ2) is 12.2. The van der Waals surface area contributed by atoms with Gasteiger partial charge in [-0.15, -0.1) is 0 Å². The Morgan fingerprint density at radius 1 is 1.07 bits per heavy atom. The normalized spacial score (nSPS) is 23.8. The summed E-state index contributed by atoms with van der Waals surface area (Å²) in [6.45, 7) is 0.955. The summed E-state index contributed by atoms with van der Waals surface area (Å²) in [5.74, 6) is 6.04. The Morgan fingerprint density at radius 3 is 2.45 bits per heavy atom. The maximum Gasteiger partial charge on any atom is 0.406 e. The molecule has 3 aromatic rings. The second-order valence-corrected chi connectivity index (χ2v) is 13.3. The predicted octanol–water partition coefficient (Wildman–Crippen LogP) is 4.52. The van der Waals surface area contributed by atoms with E-state index in [9.17, 15) is 21.6 Å². The standard InChI is InChI=1S/C31H36F3N5O4S/c1-42-30-16-25(44(35,40)41)11-12-28(30)36-13-3-4-22-14-26-27(5-2-6-29(26)39(22)19-31(32,33)34)37-20-7-9-21(10-8-20)38-17-23-15-24(18-38)43-23/h2,5-6,11-12,14,16,20-21,23-24,36-37H,7-10,13,15,17-19H2,1H3,(H2,35,40,41)/t20?,21?,23-,24-/m0/s1. The van der Waals surface area contributed by atoms with Crippen molar-refractivity contribution in [1.29, 1.82) is 0 Å². The van der Waals surface area contributed by atoms with E-state index in [2.05, 4.69) is 27.4 Å². The van der Waals surface area contributed by atoms with Crippen molar-refractivity contribution in [1.82, 2.24) is 9.47 Å². The lowest BCUT2D eigenvalue weighted by Crippen LogP contribution is -2.60. The molecule has 2 aromatic carbocycles.